The molecule has 0 unspecified atom stereocenters. The van der Waals surface area contributed by atoms with Gasteiger partial charge in [0.05, 0.1) is 12.2 Å². The highest BCUT2D eigenvalue weighted by atomic mass is 16.5. The zero-order valence-corrected chi connectivity index (χ0v) is 18.0. The van der Waals surface area contributed by atoms with Crippen LogP contribution in [0.5, 0.6) is 5.75 Å². The van der Waals surface area contributed by atoms with Gasteiger partial charge in [-0.2, -0.15) is 0 Å². The average Bonchev–Trinajstić information content (AvgIpc) is 2.84. The first-order valence-corrected chi connectivity index (χ1v) is 11.4. The van der Waals surface area contributed by atoms with E-state index in [0.29, 0.717) is 23.8 Å². The second-order valence-electron chi connectivity index (χ2n) is 8.51. The fourth-order valence-electron chi connectivity index (χ4n) is 4.48. The lowest BCUT2D eigenvalue weighted by molar-refractivity contribution is -0.138. The third-order valence-corrected chi connectivity index (χ3v) is 6.26. The number of rotatable bonds is 6. The lowest BCUT2D eigenvalue weighted by atomic mass is 9.88. The van der Waals surface area contributed by atoms with E-state index in [1.807, 2.05) is 35.2 Å². The minimum atomic E-state index is -0.149. The van der Waals surface area contributed by atoms with Crippen LogP contribution in [-0.2, 0) is 11.3 Å². The molecule has 0 bridgehead atoms. The largest absolute Gasteiger partial charge is 0.490 e. The molecular weight excluding hydrogens is 390 g/mol. The van der Waals surface area contributed by atoms with Crippen LogP contribution in [0.25, 0.3) is 0 Å². The van der Waals surface area contributed by atoms with Gasteiger partial charge in [-0.25, -0.2) is 0 Å². The van der Waals surface area contributed by atoms with Crippen LogP contribution in [0.1, 0.15) is 61.0 Å². The highest BCUT2D eigenvalue weighted by molar-refractivity contribution is 5.94. The van der Waals surface area contributed by atoms with E-state index in [1.54, 1.807) is 18.3 Å². The van der Waals surface area contributed by atoms with E-state index in [2.05, 4.69) is 10.3 Å². The number of pyridine rings is 1. The summed E-state index contributed by atoms with van der Waals surface area (Å²) in [4.78, 5) is 31.5. The molecule has 1 aromatic carbocycles. The Morgan fingerprint density at radius 2 is 1.81 bits per heavy atom. The average molecular weight is 422 g/mol. The van der Waals surface area contributed by atoms with Gasteiger partial charge in [0.1, 0.15) is 11.9 Å². The molecule has 1 aromatic heterocycles. The first-order chi connectivity index (χ1) is 15.2. The molecule has 6 nitrogen and oxygen atoms in total. The topological polar surface area (TPSA) is 71.5 Å². The molecule has 1 saturated heterocycles. The number of carbonyl (C=O) groups is 2. The molecule has 2 aliphatic rings. The quantitative estimate of drug-likeness (QED) is 0.766. The highest BCUT2D eigenvalue weighted by Crippen LogP contribution is 2.27. The third-order valence-electron chi connectivity index (χ3n) is 6.26. The summed E-state index contributed by atoms with van der Waals surface area (Å²) in [5, 5.41) is 2.89. The van der Waals surface area contributed by atoms with E-state index >= 15 is 0 Å². The van der Waals surface area contributed by atoms with Gasteiger partial charge in [0, 0.05) is 43.6 Å². The van der Waals surface area contributed by atoms with Gasteiger partial charge in [-0.05, 0) is 43.2 Å². The molecule has 1 aliphatic heterocycles. The van der Waals surface area contributed by atoms with Crippen molar-refractivity contribution in [3.8, 4) is 5.75 Å². The fourth-order valence-corrected chi connectivity index (χ4v) is 4.48. The molecule has 4 rings (SSSR count). The van der Waals surface area contributed by atoms with Crippen molar-refractivity contribution in [1.29, 1.82) is 0 Å². The molecule has 2 amide bonds. The number of nitrogens with one attached hydrogen (secondary N) is 1. The molecular formula is C25H31N3O3. The summed E-state index contributed by atoms with van der Waals surface area (Å²) in [6.45, 7) is 1.90. The number of likely N-dealkylation sites (tertiary alicyclic amines) is 1. The number of hydrogen-bond donors (Lipinski definition) is 1. The van der Waals surface area contributed by atoms with Crippen molar-refractivity contribution in [3.05, 3.63) is 59.9 Å². The van der Waals surface area contributed by atoms with Crippen LogP contribution in [-0.4, -0.2) is 40.9 Å². The van der Waals surface area contributed by atoms with Crippen LogP contribution in [0.2, 0.25) is 0 Å². The molecule has 0 atom stereocenters. The third kappa shape index (κ3) is 5.84. The number of carbonyl (C=O) groups excluding carboxylic acids is 2. The van der Waals surface area contributed by atoms with E-state index < -0.39 is 0 Å². The SMILES string of the molecule is O=C(NCc1ccccn1)c1cccc(OC2CCN(C(=O)C3CCCCC3)CC2)c1. The monoisotopic (exact) mass is 421 g/mol. The molecule has 0 radical (unpaired) electrons. The predicted molar refractivity (Wildman–Crippen MR) is 119 cm³/mol. The minimum Gasteiger partial charge on any atom is -0.490 e. The van der Waals surface area contributed by atoms with Crippen molar-refractivity contribution < 1.29 is 14.3 Å². The van der Waals surface area contributed by atoms with Crippen LogP contribution >= 0.6 is 0 Å². The first-order valence-electron chi connectivity index (χ1n) is 11.4. The van der Waals surface area contributed by atoms with Crippen LogP contribution < -0.4 is 10.1 Å². The minimum absolute atomic E-state index is 0.0715. The maximum absolute atomic E-state index is 12.7. The lowest BCUT2D eigenvalue weighted by Crippen LogP contribution is -2.44. The highest BCUT2D eigenvalue weighted by Gasteiger charge is 2.29. The Morgan fingerprint density at radius 1 is 1.00 bits per heavy atom. The molecule has 164 valence electrons. The van der Waals surface area contributed by atoms with E-state index in [0.717, 1.165) is 44.5 Å². The molecule has 6 heteroatoms. The Bertz CT molecular complexity index is 873. The van der Waals surface area contributed by atoms with Gasteiger partial charge in [-0.15, -0.1) is 0 Å². The van der Waals surface area contributed by atoms with Crippen molar-refractivity contribution in [3.63, 3.8) is 0 Å². The molecule has 1 saturated carbocycles. The number of hydrogen-bond acceptors (Lipinski definition) is 4. The molecule has 2 fully saturated rings. The standard InChI is InChI=1S/C25H31N3O3/c29-24(27-18-21-10-4-5-14-26-21)20-9-6-11-23(17-20)31-22-12-15-28(16-13-22)25(30)19-7-2-1-3-8-19/h4-6,9-11,14,17,19,22H,1-3,7-8,12-13,15-16,18H2,(H,27,29). The Hall–Kier alpha value is -2.89. The Balaban J connectivity index is 1.26. The smallest absolute Gasteiger partial charge is 0.251 e. The van der Waals surface area contributed by atoms with Gasteiger partial charge in [0.25, 0.3) is 5.91 Å². The maximum atomic E-state index is 12.7. The normalized spacial score (nSPS) is 17.9. The summed E-state index contributed by atoms with van der Waals surface area (Å²) in [6.07, 6.45) is 9.16. The van der Waals surface area contributed by atoms with E-state index in [1.165, 1.54) is 19.3 Å². The predicted octanol–water partition coefficient (Wildman–Crippen LogP) is 3.96. The van der Waals surface area contributed by atoms with Crippen molar-refractivity contribution in [2.75, 3.05) is 13.1 Å². The number of piperidine rings is 1. The zero-order valence-electron chi connectivity index (χ0n) is 18.0. The van der Waals surface area contributed by atoms with Gasteiger partial charge in [0.2, 0.25) is 5.91 Å². The van der Waals surface area contributed by atoms with Crippen molar-refractivity contribution in [2.45, 2.75) is 57.6 Å². The van der Waals surface area contributed by atoms with E-state index in [9.17, 15) is 9.59 Å². The maximum Gasteiger partial charge on any atom is 0.251 e. The number of nitrogens with zero attached hydrogens (tertiary/aromatic N) is 2. The molecule has 2 aromatic rings. The number of aromatic nitrogens is 1. The second-order valence-corrected chi connectivity index (χ2v) is 8.51. The lowest BCUT2D eigenvalue weighted by Gasteiger charge is -2.35. The number of benzene rings is 1. The summed E-state index contributed by atoms with van der Waals surface area (Å²) in [7, 11) is 0. The number of ether oxygens (including phenoxy) is 1. The Labute approximate surface area is 184 Å². The van der Waals surface area contributed by atoms with Gasteiger partial charge in [-0.1, -0.05) is 31.4 Å². The van der Waals surface area contributed by atoms with Crippen LogP contribution in [0.4, 0.5) is 0 Å². The van der Waals surface area contributed by atoms with Gasteiger partial charge < -0.3 is 15.0 Å². The van der Waals surface area contributed by atoms with Gasteiger partial charge >= 0.3 is 0 Å². The molecule has 31 heavy (non-hydrogen) atoms. The Morgan fingerprint density at radius 3 is 2.55 bits per heavy atom. The molecule has 1 aliphatic carbocycles. The zero-order chi connectivity index (χ0) is 21.5. The van der Waals surface area contributed by atoms with Gasteiger partial charge in [0.15, 0.2) is 0 Å². The summed E-state index contributed by atoms with van der Waals surface area (Å²) < 4.78 is 6.15. The summed E-state index contributed by atoms with van der Waals surface area (Å²) >= 11 is 0. The van der Waals surface area contributed by atoms with Crippen LogP contribution in [0, 0.1) is 5.92 Å². The van der Waals surface area contributed by atoms with Crippen molar-refractivity contribution in [2.24, 2.45) is 5.92 Å². The fraction of sp³-hybridized carbons (Fsp3) is 0.480. The molecule has 0 spiro atoms. The summed E-state index contributed by atoms with van der Waals surface area (Å²) in [6, 6.07) is 12.9. The van der Waals surface area contributed by atoms with Crippen molar-refractivity contribution >= 4 is 11.8 Å². The summed E-state index contributed by atoms with van der Waals surface area (Å²) in [5.74, 6) is 1.11. The molecule has 1 N–H and O–H groups in total. The number of amides is 2. The van der Waals surface area contributed by atoms with E-state index in [-0.39, 0.29) is 17.9 Å². The van der Waals surface area contributed by atoms with Gasteiger partial charge in [-0.3, -0.25) is 14.6 Å². The van der Waals surface area contributed by atoms with Crippen LogP contribution in [0.15, 0.2) is 48.7 Å². The molecule has 2 heterocycles. The Kier molecular flexibility index (Phi) is 7.18. The van der Waals surface area contributed by atoms with Crippen LogP contribution in [0.3, 0.4) is 0 Å². The van der Waals surface area contributed by atoms with Crippen molar-refractivity contribution in [1.82, 2.24) is 15.2 Å². The van der Waals surface area contributed by atoms with E-state index in [4.69, 9.17) is 4.74 Å². The first kappa shape index (κ1) is 21.3. The second kappa shape index (κ2) is 10.4. The summed E-state index contributed by atoms with van der Waals surface area (Å²) in [5.41, 5.74) is 1.39.